The Bertz CT molecular complexity index is 589. The van der Waals surface area contributed by atoms with Crippen LogP contribution in [-0.2, 0) is 13.6 Å². The molecule has 0 atom stereocenters. The standard InChI is InChI=1S/C38H74BrO3P/c1-3-5-7-9-11-13-15-17-19-21-23-25-27-29-31-33-36-41-43(40,38-35-39)42-37-34-32-30-28-26-24-22-20-18-16-14-12-10-8-6-4-2/h17-20H,3-16,21-38H2,1-2H3/b19-17-,20-18-. The first-order valence-electron chi connectivity index (χ1n) is 18.9. The second-order valence-corrected chi connectivity index (χ2v) is 15.5. The minimum Gasteiger partial charge on any atom is -0.309 e. The first-order valence-corrected chi connectivity index (χ1v) is 21.8. The largest absolute Gasteiger partial charge is 0.331 e. The molecule has 0 N–H and O–H groups in total. The van der Waals surface area contributed by atoms with E-state index in [0.717, 1.165) is 25.7 Å². The van der Waals surface area contributed by atoms with E-state index in [4.69, 9.17) is 9.05 Å². The monoisotopic (exact) mass is 688 g/mol. The Morgan fingerprint density at radius 1 is 0.442 bits per heavy atom. The fourth-order valence-electron chi connectivity index (χ4n) is 5.38. The van der Waals surface area contributed by atoms with E-state index in [1.54, 1.807) is 0 Å². The zero-order valence-electron chi connectivity index (χ0n) is 29.0. The van der Waals surface area contributed by atoms with Crippen LogP contribution in [-0.4, -0.2) is 24.7 Å². The van der Waals surface area contributed by atoms with Gasteiger partial charge >= 0.3 is 7.60 Å². The third kappa shape index (κ3) is 34.8. The van der Waals surface area contributed by atoms with Crippen LogP contribution in [0, 0.1) is 0 Å². The van der Waals surface area contributed by atoms with Crippen LogP contribution in [0.25, 0.3) is 0 Å². The minimum atomic E-state index is -2.96. The maximum atomic E-state index is 13.0. The van der Waals surface area contributed by atoms with Crippen LogP contribution in [0.15, 0.2) is 24.3 Å². The summed E-state index contributed by atoms with van der Waals surface area (Å²) < 4.78 is 24.7. The van der Waals surface area contributed by atoms with Gasteiger partial charge in [0, 0.05) is 5.33 Å². The van der Waals surface area contributed by atoms with Crippen LogP contribution in [0.2, 0.25) is 0 Å². The highest BCUT2D eigenvalue weighted by molar-refractivity contribution is 9.09. The molecule has 0 aromatic heterocycles. The van der Waals surface area contributed by atoms with Crippen molar-refractivity contribution >= 4 is 23.5 Å². The van der Waals surface area contributed by atoms with Crippen molar-refractivity contribution in [1.29, 1.82) is 0 Å². The van der Waals surface area contributed by atoms with Crippen molar-refractivity contribution < 1.29 is 13.6 Å². The van der Waals surface area contributed by atoms with E-state index in [0.29, 0.717) is 24.7 Å². The number of unbranched alkanes of at least 4 members (excludes halogenated alkanes) is 24. The highest BCUT2D eigenvalue weighted by Crippen LogP contribution is 2.48. The number of hydrogen-bond acceptors (Lipinski definition) is 3. The summed E-state index contributed by atoms with van der Waals surface area (Å²) in [6, 6.07) is 0. The maximum absolute atomic E-state index is 13.0. The molecule has 0 saturated heterocycles. The molecular formula is C38H74BrO3P. The lowest BCUT2D eigenvalue weighted by molar-refractivity contribution is 0.198. The molecule has 0 fully saturated rings. The van der Waals surface area contributed by atoms with Gasteiger partial charge in [-0.1, -0.05) is 170 Å². The average Bonchev–Trinajstić information content (AvgIpc) is 3.00. The van der Waals surface area contributed by atoms with Crippen molar-refractivity contribution in [2.45, 2.75) is 194 Å². The summed E-state index contributed by atoms with van der Waals surface area (Å²) in [7, 11) is -2.96. The van der Waals surface area contributed by atoms with E-state index in [2.05, 4.69) is 54.1 Å². The molecule has 0 aliphatic carbocycles. The summed E-state index contributed by atoms with van der Waals surface area (Å²) >= 11 is 3.43. The zero-order chi connectivity index (χ0) is 31.4. The molecule has 0 amide bonds. The second kappa shape index (κ2) is 36.6. The number of hydrogen-bond donors (Lipinski definition) is 0. The van der Waals surface area contributed by atoms with Gasteiger partial charge in [-0.2, -0.15) is 0 Å². The molecule has 43 heavy (non-hydrogen) atoms. The van der Waals surface area contributed by atoms with E-state index < -0.39 is 7.60 Å². The van der Waals surface area contributed by atoms with Crippen LogP contribution >= 0.6 is 23.5 Å². The van der Waals surface area contributed by atoms with Crippen molar-refractivity contribution in [3.8, 4) is 0 Å². The van der Waals surface area contributed by atoms with Crippen LogP contribution in [0.3, 0.4) is 0 Å². The fraction of sp³-hybridized carbons (Fsp3) is 0.895. The van der Waals surface area contributed by atoms with Gasteiger partial charge in [0.15, 0.2) is 0 Å². The summed E-state index contributed by atoms with van der Waals surface area (Å²) in [5.41, 5.74) is 0. The van der Waals surface area contributed by atoms with Gasteiger partial charge in [0.05, 0.1) is 19.4 Å². The molecule has 0 bridgehead atoms. The van der Waals surface area contributed by atoms with Gasteiger partial charge in [0.25, 0.3) is 0 Å². The van der Waals surface area contributed by atoms with E-state index >= 15 is 0 Å². The smallest absolute Gasteiger partial charge is 0.309 e. The molecule has 0 rings (SSSR count). The molecule has 0 aromatic carbocycles. The lowest BCUT2D eigenvalue weighted by atomic mass is 10.1. The van der Waals surface area contributed by atoms with E-state index in [-0.39, 0.29) is 0 Å². The minimum absolute atomic E-state index is 0.464. The predicted molar refractivity (Wildman–Crippen MR) is 197 cm³/mol. The van der Waals surface area contributed by atoms with Crippen LogP contribution < -0.4 is 0 Å². The number of halogens is 1. The highest BCUT2D eigenvalue weighted by Gasteiger charge is 2.23. The quantitative estimate of drug-likeness (QED) is 0.0284. The Morgan fingerprint density at radius 2 is 0.721 bits per heavy atom. The van der Waals surface area contributed by atoms with Gasteiger partial charge in [-0.05, 0) is 64.2 Å². The predicted octanol–water partition coefficient (Wildman–Crippen LogP) is 14.7. The van der Waals surface area contributed by atoms with Gasteiger partial charge in [-0.3, -0.25) is 4.57 Å². The summed E-state index contributed by atoms with van der Waals surface area (Å²) in [5.74, 6) is 0. The molecular weight excluding hydrogens is 615 g/mol. The summed E-state index contributed by atoms with van der Waals surface area (Å²) in [5, 5.41) is 0.658. The third-order valence-corrected chi connectivity index (χ3v) is 11.2. The topological polar surface area (TPSA) is 35.5 Å². The second-order valence-electron chi connectivity index (χ2n) is 12.6. The Labute approximate surface area is 278 Å². The van der Waals surface area contributed by atoms with Gasteiger partial charge in [0.1, 0.15) is 0 Å². The summed E-state index contributed by atoms with van der Waals surface area (Å²) in [6.45, 7) is 5.67. The normalized spacial score (nSPS) is 12.3. The van der Waals surface area contributed by atoms with Gasteiger partial charge in [-0.15, -0.1) is 0 Å². The summed E-state index contributed by atoms with van der Waals surface area (Å²) in [6.07, 6.45) is 46.1. The van der Waals surface area contributed by atoms with E-state index in [1.165, 1.54) is 154 Å². The zero-order valence-corrected chi connectivity index (χ0v) is 31.5. The van der Waals surface area contributed by atoms with Crippen molar-refractivity contribution in [3.63, 3.8) is 0 Å². The molecule has 0 spiro atoms. The SMILES string of the molecule is CCCCCCCC/C=C\CCCCCCCCOP(=O)(CCBr)OCCCCCCCC/C=C\CCCCCCCC. The van der Waals surface area contributed by atoms with Gasteiger partial charge in [0.2, 0.25) is 0 Å². The molecule has 0 saturated carbocycles. The number of alkyl halides is 1. The van der Waals surface area contributed by atoms with Crippen molar-refractivity contribution in [1.82, 2.24) is 0 Å². The van der Waals surface area contributed by atoms with Crippen LogP contribution in [0.1, 0.15) is 194 Å². The maximum Gasteiger partial charge on any atom is 0.331 e. The number of allylic oxidation sites excluding steroid dienone is 4. The van der Waals surface area contributed by atoms with Gasteiger partial charge in [-0.25, -0.2) is 0 Å². The van der Waals surface area contributed by atoms with E-state index in [1.807, 2.05) is 0 Å². The Morgan fingerprint density at radius 3 is 1.02 bits per heavy atom. The summed E-state index contributed by atoms with van der Waals surface area (Å²) in [4.78, 5) is 0. The Hall–Kier alpha value is 0.110. The van der Waals surface area contributed by atoms with Crippen molar-refractivity contribution in [2.75, 3.05) is 24.7 Å². The van der Waals surface area contributed by atoms with Crippen molar-refractivity contribution in [2.24, 2.45) is 0 Å². The lowest BCUT2D eigenvalue weighted by Crippen LogP contribution is -2.04. The first-order chi connectivity index (χ1) is 21.2. The number of rotatable bonds is 36. The third-order valence-electron chi connectivity index (χ3n) is 8.25. The molecule has 5 heteroatoms. The highest BCUT2D eigenvalue weighted by atomic mass is 79.9. The first kappa shape index (κ1) is 43.1. The molecule has 0 unspecified atom stereocenters. The molecule has 256 valence electrons. The van der Waals surface area contributed by atoms with E-state index in [9.17, 15) is 4.57 Å². The molecule has 0 radical (unpaired) electrons. The Balaban J connectivity index is 3.57. The molecule has 0 aliphatic heterocycles. The fourth-order valence-corrected chi connectivity index (χ4v) is 8.03. The lowest BCUT2D eigenvalue weighted by Gasteiger charge is -2.18. The van der Waals surface area contributed by atoms with Crippen LogP contribution in [0.4, 0.5) is 0 Å². The molecule has 0 aliphatic rings. The van der Waals surface area contributed by atoms with Crippen molar-refractivity contribution in [3.05, 3.63) is 24.3 Å². The van der Waals surface area contributed by atoms with Gasteiger partial charge < -0.3 is 9.05 Å². The Kier molecular flexibility index (Phi) is 36.7. The molecule has 3 nitrogen and oxygen atoms in total. The van der Waals surface area contributed by atoms with Crippen LogP contribution in [0.5, 0.6) is 0 Å². The average molecular weight is 690 g/mol. The molecule has 0 aromatic rings. The molecule has 0 heterocycles.